The number of ether oxygens (including phenoxy) is 1. The molecule has 3 nitrogen and oxygen atoms in total. The van der Waals surface area contributed by atoms with Crippen molar-refractivity contribution in [2.45, 2.75) is 39.2 Å². The molecule has 0 fully saturated rings. The standard InChI is InChI=1S/C18H23NO2/c1-3-11-21-17-9-6-15(7-10-17)18(20)12-16-8-5-14(4-2)13-19-16/h5-10,13,18,20H,3-4,11-12H2,1-2H3. The maximum Gasteiger partial charge on any atom is 0.119 e. The summed E-state index contributed by atoms with van der Waals surface area (Å²) in [7, 11) is 0. The van der Waals surface area contributed by atoms with Gasteiger partial charge in [0, 0.05) is 18.3 Å². The van der Waals surface area contributed by atoms with E-state index in [1.807, 2.05) is 36.5 Å². The highest BCUT2D eigenvalue weighted by Gasteiger charge is 2.09. The molecule has 0 saturated heterocycles. The van der Waals surface area contributed by atoms with Crippen molar-refractivity contribution in [2.24, 2.45) is 0 Å². The number of aliphatic hydroxyl groups excluding tert-OH is 1. The van der Waals surface area contributed by atoms with E-state index in [4.69, 9.17) is 4.74 Å². The Morgan fingerprint density at radius 3 is 2.43 bits per heavy atom. The number of benzene rings is 1. The predicted molar refractivity (Wildman–Crippen MR) is 84.5 cm³/mol. The Bertz CT molecular complexity index is 534. The van der Waals surface area contributed by atoms with Gasteiger partial charge < -0.3 is 9.84 Å². The molecule has 2 aromatic rings. The number of nitrogens with zero attached hydrogens (tertiary/aromatic N) is 1. The van der Waals surface area contributed by atoms with E-state index in [0.29, 0.717) is 6.42 Å². The number of pyridine rings is 1. The van der Waals surface area contributed by atoms with E-state index < -0.39 is 6.10 Å². The minimum absolute atomic E-state index is 0.527. The second-order valence-corrected chi connectivity index (χ2v) is 5.15. The highest BCUT2D eigenvalue weighted by Crippen LogP contribution is 2.21. The van der Waals surface area contributed by atoms with Gasteiger partial charge >= 0.3 is 0 Å². The van der Waals surface area contributed by atoms with Crippen molar-refractivity contribution in [3.63, 3.8) is 0 Å². The molecule has 21 heavy (non-hydrogen) atoms. The Hall–Kier alpha value is -1.87. The molecular formula is C18H23NO2. The molecule has 1 atom stereocenters. The van der Waals surface area contributed by atoms with Crippen molar-refractivity contribution in [2.75, 3.05) is 6.61 Å². The molecular weight excluding hydrogens is 262 g/mol. The van der Waals surface area contributed by atoms with Crippen LogP contribution in [0.4, 0.5) is 0 Å². The van der Waals surface area contributed by atoms with Crippen LogP contribution in [0.3, 0.4) is 0 Å². The molecule has 0 saturated carbocycles. The van der Waals surface area contributed by atoms with Crippen LogP contribution < -0.4 is 4.74 Å². The minimum Gasteiger partial charge on any atom is -0.494 e. The largest absolute Gasteiger partial charge is 0.494 e. The van der Waals surface area contributed by atoms with Crippen LogP contribution in [0.25, 0.3) is 0 Å². The fourth-order valence-corrected chi connectivity index (χ4v) is 2.11. The van der Waals surface area contributed by atoms with E-state index in [1.54, 1.807) is 0 Å². The molecule has 1 aromatic heterocycles. The van der Waals surface area contributed by atoms with E-state index in [1.165, 1.54) is 5.56 Å². The summed E-state index contributed by atoms with van der Waals surface area (Å²) in [6.07, 6.45) is 3.84. The molecule has 3 heteroatoms. The summed E-state index contributed by atoms with van der Waals surface area (Å²) in [6.45, 7) is 4.90. The second-order valence-electron chi connectivity index (χ2n) is 5.15. The van der Waals surface area contributed by atoms with Crippen molar-refractivity contribution in [1.82, 2.24) is 4.98 Å². The SMILES string of the molecule is CCCOc1ccc(C(O)Cc2ccc(CC)cn2)cc1. The first kappa shape index (κ1) is 15.5. The van der Waals surface area contributed by atoms with Gasteiger partial charge in [0.15, 0.2) is 0 Å². The van der Waals surface area contributed by atoms with E-state index in [9.17, 15) is 5.11 Å². The highest BCUT2D eigenvalue weighted by molar-refractivity contribution is 5.29. The predicted octanol–water partition coefficient (Wildman–Crippen LogP) is 3.71. The zero-order chi connectivity index (χ0) is 15.1. The van der Waals surface area contributed by atoms with Gasteiger partial charge in [0.1, 0.15) is 5.75 Å². The van der Waals surface area contributed by atoms with Gasteiger partial charge in [-0.05, 0) is 42.2 Å². The molecule has 1 unspecified atom stereocenters. The first-order valence-corrected chi connectivity index (χ1v) is 7.57. The number of aryl methyl sites for hydroxylation is 1. The zero-order valence-electron chi connectivity index (χ0n) is 12.7. The smallest absolute Gasteiger partial charge is 0.119 e. The molecule has 0 spiro atoms. The van der Waals surface area contributed by atoms with Gasteiger partial charge in [-0.3, -0.25) is 4.98 Å². The van der Waals surface area contributed by atoms with E-state index in [-0.39, 0.29) is 0 Å². The average Bonchev–Trinajstić information content (AvgIpc) is 2.54. The molecule has 0 aliphatic carbocycles. The number of aliphatic hydroxyl groups is 1. The van der Waals surface area contributed by atoms with Crippen LogP contribution in [0.5, 0.6) is 5.75 Å². The molecule has 0 aliphatic rings. The Labute approximate surface area is 126 Å². The van der Waals surface area contributed by atoms with E-state index in [0.717, 1.165) is 36.5 Å². The lowest BCUT2D eigenvalue weighted by Crippen LogP contribution is -2.04. The Morgan fingerprint density at radius 2 is 1.86 bits per heavy atom. The monoisotopic (exact) mass is 285 g/mol. The van der Waals surface area contributed by atoms with Crippen molar-refractivity contribution in [1.29, 1.82) is 0 Å². The van der Waals surface area contributed by atoms with Crippen LogP contribution >= 0.6 is 0 Å². The average molecular weight is 285 g/mol. The summed E-state index contributed by atoms with van der Waals surface area (Å²) in [4.78, 5) is 4.39. The van der Waals surface area contributed by atoms with Crippen LogP contribution in [0, 0.1) is 0 Å². The Morgan fingerprint density at radius 1 is 1.10 bits per heavy atom. The fraction of sp³-hybridized carbons (Fsp3) is 0.389. The quantitative estimate of drug-likeness (QED) is 0.843. The lowest BCUT2D eigenvalue weighted by Gasteiger charge is -2.12. The van der Waals surface area contributed by atoms with Crippen LogP contribution in [-0.4, -0.2) is 16.7 Å². The molecule has 0 radical (unpaired) electrons. The zero-order valence-corrected chi connectivity index (χ0v) is 12.7. The first-order valence-electron chi connectivity index (χ1n) is 7.57. The first-order chi connectivity index (χ1) is 10.2. The summed E-state index contributed by atoms with van der Waals surface area (Å²) < 4.78 is 5.54. The van der Waals surface area contributed by atoms with Gasteiger partial charge in [0.25, 0.3) is 0 Å². The molecule has 2 rings (SSSR count). The number of hydrogen-bond donors (Lipinski definition) is 1. The van der Waals surface area contributed by atoms with Crippen molar-refractivity contribution in [3.8, 4) is 5.75 Å². The molecule has 0 aliphatic heterocycles. The van der Waals surface area contributed by atoms with Gasteiger partial charge in [-0.1, -0.05) is 32.0 Å². The Kier molecular flexibility index (Phi) is 5.76. The van der Waals surface area contributed by atoms with E-state index in [2.05, 4.69) is 24.9 Å². The van der Waals surface area contributed by atoms with Crippen molar-refractivity contribution < 1.29 is 9.84 Å². The van der Waals surface area contributed by atoms with Gasteiger partial charge in [0.2, 0.25) is 0 Å². The van der Waals surface area contributed by atoms with Crippen LogP contribution in [0.1, 0.15) is 43.2 Å². The second kappa shape index (κ2) is 7.79. The maximum absolute atomic E-state index is 10.3. The number of aromatic nitrogens is 1. The van der Waals surface area contributed by atoms with Crippen molar-refractivity contribution in [3.05, 3.63) is 59.4 Å². The third kappa shape index (κ3) is 4.57. The number of rotatable bonds is 7. The summed E-state index contributed by atoms with van der Waals surface area (Å²) >= 11 is 0. The third-order valence-corrected chi connectivity index (χ3v) is 3.43. The van der Waals surface area contributed by atoms with Gasteiger partial charge in [-0.15, -0.1) is 0 Å². The van der Waals surface area contributed by atoms with Crippen LogP contribution in [0.15, 0.2) is 42.6 Å². The van der Waals surface area contributed by atoms with Crippen molar-refractivity contribution >= 4 is 0 Å². The molecule has 1 N–H and O–H groups in total. The van der Waals surface area contributed by atoms with Gasteiger partial charge in [-0.25, -0.2) is 0 Å². The summed E-state index contributed by atoms with van der Waals surface area (Å²) in [6, 6.07) is 11.7. The van der Waals surface area contributed by atoms with Gasteiger partial charge in [-0.2, -0.15) is 0 Å². The topological polar surface area (TPSA) is 42.4 Å². The molecule has 1 aromatic carbocycles. The molecule has 0 bridgehead atoms. The summed E-state index contributed by atoms with van der Waals surface area (Å²) in [5, 5.41) is 10.3. The molecule has 112 valence electrons. The van der Waals surface area contributed by atoms with Crippen LogP contribution in [-0.2, 0) is 12.8 Å². The lowest BCUT2D eigenvalue weighted by atomic mass is 10.0. The fourth-order valence-electron chi connectivity index (χ4n) is 2.11. The minimum atomic E-state index is -0.537. The molecule has 1 heterocycles. The van der Waals surface area contributed by atoms with E-state index >= 15 is 0 Å². The van der Waals surface area contributed by atoms with Gasteiger partial charge in [0.05, 0.1) is 12.7 Å². The lowest BCUT2D eigenvalue weighted by molar-refractivity contribution is 0.177. The summed E-state index contributed by atoms with van der Waals surface area (Å²) in [5.41, 5.74) is 3.01. The highest BCUT2D eigenvalue weighted by atomic mass is 16.5. The number of hydrogen-bond acceptors (Lipinski definition) is 3. The normalized spacial score (nSPS) is 12.1. The maximum atomic E-state index is 10.3. The summed E-state index contributed by atoms with van der Waals surface area (Å²) in [5.74, 6) is 0.846. The van der Waals surface area contributed by atoms with Crippen LogP contribution in [0.2, 0.25) is 0 Å². The third-order valence-electron chi connectivity index (χ3n) is 3.43. The Balaban J connectivity index is 1.96. The molecule has 0 amide bonds.